The molecule has 0 heterocycles. The summed E-state index contributed by atoms with van der Waals surface area (Å²) in [7, 11) is -14.2. The molecule has 34 heavy (non-hydrogen) atoms. The van der Waals surface area contributed by atoms with E-state index in [4.69, 9.17) is 0 Å². The molecule has 176 valence electrons. The van der Waals surface area contributed by atoms with Crippen LogP contribution in [0.2, 0.25) is 0 Å². The van der Waals surface area contributed by atoms with E-state index in [0.717, 1.165) is 12.1 Å². The minimum absolute atomic E-state index is 0.0331. The fourth-order valence-corrected chi connectivity index (χ4v) is 5.52. The molecule has 0 bridgehead atoms. The Morgan fingerprint density at radius 1 is 0.559 bits per heavy atom. The van der Waals surface area contributed by atoms with E-state index < -0.39 is 40.1 Å². The molecule has 0 aromatic heterocycles. The van der Waals surface area contributed by atoms with Crippen LogP contribution in [0.1, 0.15) is 0 Å². The average Bonchev–Trinajstić information content (AvgIpc) is 2.74. The van der Waals surface area contributed by atoms with E-state index in [1.807, 2.05) is 0 Å². The molecule has 4 aromatic carbocycles. The van der Waals surface area contributed by atoms with E-state index in [1.54, 1.807) is 18.2 Å². The lowest BCUT2D eigenvalue weighted by Crippen LogP contribution is -2.04. The van der Waals surface area contributed by atoms with Crippen LogP contribution >= 0.6 is 0 Å². The summed E-state index contributed by atoms with van der Waals surface area (Å²) in [5, 5.41) is 8.50. The maximum atomic E-state index is 12.0. The lowest BCUT2D eigenvalue weighted by atomic mass is 10.1. The third-order valence-corrected chi connectivity index (χ3v) is 7.49. The van der Waals surface area contributed by atoms with Gasteiger partial charge in [-0.05, 0) is 35.7 Å². The van der Waals surface area contributed by atoms with Gasteiger partial charge in [-0.25, -0.2) is 0 Å². The van der Waals surface area contributed by atoms with Gasteiger partial charge in [-0.3, -0.25) is 13.7 Å². The van der Waals surface area contributed by atoms with Gasteiger partial charge in [0.15, 0.2) is 0 Å². The molecule has 0 amide bonds. The van der Waals surface area contributed by atoms with Crippen molar-refractivity contribution < 1.29 is 38.9 Å². The Morgan fingerprint density at radius 2 is 1.18 bits per heavy atom. The summed E-state index contributed by atoms with van der Waals surface area (Å²) in [5.74, 6) is 0. The number of hydrogen-bond acceptors (Lipinski definition) is 8. The molecule has 0 spiro atoms. The number of fused-ring (bicyclic) bond motifs is 2. The summed E-state index contributed by atoms with van der Waals surface area (Å²) < 4.78 is 98.9. The van der Waals surface area contributed by atoms with Crippen molar-refractivity contribution in [3.63, 3.8) is 0 Å². The monoisotopic (exact) mass is 522 g/mol. The van der Waals surface area contributed by atoms with Gasteiger partial charge in [-0.1, -0.05) is 36.4 Å². The highest BCUT2D eigenvalue weighted by Gasteiger charge is 2.22. The van der Waals surface area contributed by atoms with Crippen LogP contribution in [0.3, 0.4) is 0 Å². The molecule has 0 fully saturated rings. The SMILES string of the molecule is O=S(=O)(O)c1cc(S(=O)(=O)O)c2c(/N=N/c3ccc(S(=O)(=O)O)c4ccccc34)cccc2c1. The number of nitrogens with zero attached hydrogens (tertiary/aromatic N) is 2. The van der Waals surface area contributed by atoms with Crippen LogP contribution in [0.15, 0.2) is 91.6 Å². The predicted octanol–water partition coefficient (Wildman–Crippen LogP) is 4.15. The van der Waals surface area contributed by atoms with Gasteiger partial charge in [0.05, 0.1) is 16.3 Å². The predicted molar refractivity (Wildman–Crippen MR) is 122 cm³/mol. The molecule has 0 radical (unpaired) electrons. The molecule has 4 aromatic rings. The molecule has 4 rings (SSSR count). The molecule has 14 heteroatoms. The first kappa shape index (κ1) is 23.9. The average molecular weight is 523 g/mol. The van der Waals surface area contributed by atoms with Crippen LogP contribution in [-0.4, -0.2) is 38.9 Å². The second-order valence-corrected chi connectivity index (χ2v) is 11.3. The molecule has 0 aliphatic heterocycles. The van der Waals surface area contributed by atoms with Gasteiger partial charge >= 0.3 is 0 Å². The van der Waals surface area contributed by atoms with Crippen molar-refractivity contribution in [1.82, 2.24) is 0 Å². The van der Waals surface area contributed by atoms with Crippen molar-refractivity contribution in [3.05, 3.63) is 66.7 Å². The zero-order valence-electron chi connectivity index (χ0n) is 16.8. The first-order chi connectivity index (χ1) is 15.8. The van der Waals surface area contributed by atoms with Crippen molar-refractivity contribution in [1.29, 1.82) is 0 Å². The van der Waals surface area contributed by atoms with E-state index in [9.17, 15) is 38.9 Å². The van der Waals surface area contributed by atoms with E-state index >= 15 is 0 Å². The minimum Gasteiger partial charge on any atom is -0.282 e. The van der Waals surface area contributed by atoms with Crippen LogP contribution in [0, 0.1) is 0 Å². The summed E-state index contributed by atoms with van der Waals surface area (Å²) in [6, 6.07) is 14.4. The van der Waals surface area contributed by atoms with Crippen LogP contribution < -0.4 is 0 Å². The molecule has 0 unspecified atom stereocenters. The summed E-state index contributed by atoms with van der Waals surface area (Å²) in [6.45, 7) is 0. The van der Waals surface area contributed by atoms with Gasteiger partial charge in [0, 0.05) is 16.2 Å². The van der Waals surface area contributed by atoms with Crippen molar-refractivity contribution in [2.75, 3.05) is 0 Å². The summed E-state index contributed by atoms with van der Waals surface area (Å²) in [4.78, 5) is -1.88. The Balaban J connectivity index is 1.97. The molecule has 3 N–H and O–H groups in total. The van der Waals surface area contributed by atoms with Crippen molar-refractivity contribution in [3.8, 4) is 0 Å². The van der Waals surface area contributed by atoms with E-state index in [1.165, 1.54) is 30.3 Å². The van der Waals surface area contributed by atoms with Crippen molar-refractivity contribution in [2.24, 2.45) is 10.2 Å². The van der Waals surface area contributed by atoms with E-state index in [2.05, 4.69) is 10.2 Å². The normalized spacial score (nSPS) is 13.1. The largest absolute Gasteiger partial charge is 0.295 e. The standard InChI is InChI=1S/C20H14N2O9S3/c23-32(24,25)13-10-12-4-3-7-17(20(12)19(11-13)34(29,30)31)22-21-16-8-9-18(33(26,27)28)15-6-2-1-5-14(15)16/h1-11H,(H,23,24,25)(H,26,27,28)(H,29,30,31)/b22-21+. The van der Waals surface area contributed by atoms with Gasteiger partial charge in [-0.2, -0.15) is 25.3 Å². The van der Waals surface area contributed by atoms with Crippen LogP contribution in [0.5, 0.6) is 0 Å². The van der Waals surface area contributed by atoms with Crippen LogP contribution in [-0.2, 0) is 30.4 Å². The number of hydrogen-bond donors (Lipinski definition) is 3. The molecule has 0 atom stereocenters. The fraction of sp³-hybridized carbons (Fsp3) is 0. The van der Waals surface area contributed by atoms with Crippen molar-refractivity contribution in [2.45, 2.75) is 14.7 Å². The Hall–Kier alpha value is -3.27. The maximum Gasteiger partial charge on any atom is 0.295 e. The minimum atomic E-state index is -4.95. The molecular formula is C20H14N2O9S3. The first-order valence-corrected chi connectivity index (χ1v) is 13.5. The molecular weight excluding hydrogens is 508 g/mol. The smallest absolute Gasteiger partial charge is 0.282 e. The van der Waals surface area contributed by atoms with Crippen LogP contribution in [0.4, 0.5) is 11.4 Å². The van der Waals surface area contributed by atoms with Gasteiger partial charge in [0.25, 0.3) is 30.4 Å². The summed E-state index contributed by atoms with van der Waals surface area (Å²) in [5.41, 5.74) is 0.123. The maximum absolute atomic E-state index is 12.0. The lowest BCUT2D eigenvalue weighted by Gasteiger charge is -2.09. The van der Waals surface area contributed by atoms with E-state index in [-0.39, 0.29) is 32.4 Å². The van der Waals surface area contributed by atoms with Gasteiger partial charge < -0.3 is 0 Å². The Kier molecular flexibility index (Phi) is 5.75. The Labute approximate surface area is 193 Å². The number of benzene rings is 4. The highest BCUT2D eigenvalue weighted by Crippen LogP contribution is 2.37. The summed E-state index contributed by atoms with van der Waals surface area (Å²) in [6.07, 6.45) is 0. The fourth-order valence-electron chi connectivity index (χ4n) is 3.45. The number of azo groups is 1. The van der Waals surface area contributed by atoms with Gasteiger partial charge in [0.2, 0.25) is 0 Å². The van der Waals surface area contributed by atoms with Gasteiger partial charge in [0.1, 0.15) is 9.79 Å². The quantitative estimate of drug-likeness (QED) is 0.255. The third kappa shape index (κ3) is 4.54. The Bertz CT molecular complexity index is 1830. The molecule has 0 saturated carbocycles. The van der Waals surface area contributed by atoms with Crippen molar-refractivity contribution >= 4 is 63.3 Å². The zero-order valence-corrected chi connectivity index (χ0v) is 19.2. The molecule has 0 aliphatic carbocycles. The molecule has 0 saturated heterocycles. The summed E-state index contributed by atoms with van der Waals surface area (Å²) >= 11 is 0. The highest BCUT2D eigenvalue weighted by atomic mass is 32.2. The first-order valence-electron chi connectivity index (χ1n) is 9.19. The Morgan fingerprint density at radius 3 is 1.79 bits per heavy atom. The third-order valence-electron chi connectivity index (χ3n) is 4.87. The van der Waals surface area contributed by atoms with Crippen LogP contribution in [0.25, 0.3) is 21.5 Å². The molecule has 11 nitrogen and oxygen atoms in total. The number of rotatable bonds is 5. The highest BCUT2D eigenvalue weighted by molar-refractivity contribution is 7.87. The van der Waals surface area contributed by atoms with Gasteiger partial charge in [-0.15, -0.1) is 10.2 Å². The lowest BCUT2D eigenvalue weighted by molar-refractivity contribution is 0.479. The second-order valence-electron chi connectivity index (χ2n) is 7.05. The molecule has 0 aliphatic rings. The zero-order chi connectivity index (χ0) is 24.9. The van der Waals surface area contributed by atoms with E-state index in [0.29, 0.717) is 11.5 Å². The second kappa shape index (κ2) is 8.19. The topological polar surface area (TPSA) is 188 Å².